The number of para-hydroxylation sites is 2. The molecule has 5 heteroatoms. The summed E-state index contributed by atoms with van der Waals surface area (Å²) in [6.07, 6.45) is 2.93. The molecule has 0 unspecified atom stereocenters. The second-order valence-corrected chi connectivity index (χ2v) is 5.81. The molecule has 120 valence electrons. The Morgan fingerprint density at radius 2 is 1.88 bits per heavy atom. The van der Waals surface area contributed by atoms with Crippen LogP contribution in [0.3, 0.4) is 0 Å². The molecule has 0 spiro atoms. The molecule has 2 aromatic carbocycles. The van der Waals surface area contributed by atoms with E-state index in [9.17, 15) is 4.79 Å². The Morgan fingerprint density at radius 3 is 2.67 bits per heavy atom. The molecule has 0 radical (unpaired) electrons. The Bertz CT molecular complexity index is 873. The van der Waals surface area contributed by atoms with Gasteiger partial charge in [0.05, 0.1) is 0 Å². The van der Waals surface area contributed by atoms with Crippen molar-refractivity contribution in [3.05, 3.63) is 72.6 Å². The van der Waals surface area contributed by atoms with Crippen molar-refractivity contribution in [2.45, 2.75) is 18.9 Å². The normalized spacial score (nSPS) is 18.7. The Balaban J connectivity index is 1.56. The van der Waals surface area contributed by atoms with Crippen LogP contribution in [0.2, 0.25) is 0 Å². The van der Waals surface area contributed by atoms with Gasteiger partial charge in [-0.25, -0.2) is 4.98 Å². The molecule has 0 fully saturated rings. The summed E-state index contributed by atoms with van der Waals surface area (Å²) < 4.78 is 7.66. The quantitative estimate of drug-likeness (QED) is 0.805. The molecular formula is C19H17N3O2. The lowest BCUT2D eigenvalue weighted by Gasteiger charge is -2.15. The number of carbonyl (C=O) groups excluding carboxylic acids is 1. The van der Waals surface area contributed by atoms with Gasteiger partial charge in [-0.15, -0.1) is 0 Å². The maximum Gasteiger partial charge on any atom is 0.268 e. The highest BCUT2D eigenvalue weighted by Crippen LogP contribution is 2.37. The average Bonchev–Trinajstić information content (AvgIpc) is 3.21. The molecule has 1 aromatic heterocycles. The van der Waals surface area contributed by atoms with E-state index in [1.54, 1.807) is 6.20 Å². The van der Waals surface area contributed by atoms with Crippen LogP contribution in [0.25, 0.3) is 5.69 Å². The number of imidazole rings is 1. The van der Waals surface area contributed by atoms with Gasteiger partial charge in [0.25, 0.3) is 5.91 Å². The van der Waals surface area contributed by atoms with Crippen molar-refractivity contribution in [2.24, 2.45) is 0 Å². The summed E-state index contributed by atoms with van der Waals surface area (Å²) in [5.41, 5.74) is 2.00. The van der Waals surface area contributed by atoms with E-state index in [4.69, 9.17) is 4.74 Å². The van der Waals surface area contributed by atoms with Crippen molar-refractivity contribution in [2.75, 3.05) is 5.32 Å². The van der Waals surface area contributed by atoms with Gasteiger partial charge in [0.1, 0.15) is 5.75 Å². The number of hydrogen-bond donors (Lipinski definition) is 1. The van der Waals surface area contributed by atoms with Crippen molar-refractivity contribution < 1.29 is 9.53 Å². The van der Waals surface area contributed by atoms with Crippen LogP contribution >= 0.6 is 0 Å². The number of rotatable bonds is 3. The fourth-order valence-electron chi connectivity index (χ4n) is 3.02. The smallest absolute Gasteiger partial charge is 0.268 e. The summed E-state index contributed by atoms with van der Waals surface area (Å²) in [4.78, 5) is 16.9. The average molecular weight is 319 g/mol. The number of nitrogens with zero attached hydrogens (tertiary/aromatic N) is 2. The number of ether oxygens (including phenoxy) is 1. The number of hydrogen-bond acceptors (Lipinski definition) is 3. The molecule has 3 aromatic rings. The standard InChI is InChI=1S/C19H17N3O2/c1-13-15-9-5-6-10-16(15)24-17(13)18(23)21-19-20-11-12-22(19)14-7-3-2-4-8-14/h2-13,17H,1H3,(H,20,21,23)/t13-,17-/m0/s1. The lowest BCUT2D eigenvalue weighted by atomic mass is 9.97. The fourth-order valence-corrected chi connectivity index (χ4v) is 3.02. The largest absolute Gasteiger partial charge is 0.480 e. The molecule has 1 amide bonds. The van der Waals surface area contributed by atoms with E-state index in [1.165, 1.54) is 0 Å². The zero-order valence-electron chi connectivity index (χ0n) is 13.2. The summed E-state index contributed by atoms with van der Waals surface area (Å²) >= 11 is 0. The molecule has 4 rings (SSSR count). The molecule has 1 aliphatic heterocycles. The van der Waals surface area contributed by atoms with E-state index >= 15 is 0 Å². The molecule has 2 heterocycles. The van der Waals surface area contributed by atoms with Crippen LogP contribution in [0.15, 0.2) is 67.0 Å². The highest BCUT2D eigenvalue weighted by atomic mass is 16.5. The molecule has 0 saturated carbocycles. The van der Waals surface area contributed by atoms with Gasteiger partial charge < -0.3 is 4.74 Å². The van der Waals surface area contributed by atoms with Crippen LogP contribution in [0, 0.1) is 0 Å². The van der Waals surface area contributed by atoms with Crippen LogP contribution in [-0.4, -0.2) is 21.6 Å². The number of carbonyl (C=O) groups is 1. The number of anilines is 1. The van der Waals surface area contributed by atoms with E-state index < -0.39 is 6.10 Å². The molecule has 1 N–H and O–H groups in total. The minimum atomic E-state index is -0.552. The Morgan fingerprint density at radius 1 is 1.12 bits per heavy atom. The Labute approximate surface area is 139 Å². The van der Waals surface area contributed by atoms with Gasteiger partial charge in [-0.3, -0.25) is 14.7 Å². The predicted octanol–water partition coefficient (Wildman–Crippen LogP) is 3.38. The summed E-state index contributed by atoms with van der Waals surface area (Å²) in [5.74, 6) is 1.07. The number of amides is 1. The molecule has 0 saturated heterocycles. The molecule has 0 aliphatic carbocycles. The Hall–Kier alpha value is -3.08. The van der Waals surface area contributed by atoms with E-state index in [1.807, 2.05) is 72.3 Å². The third kappa shape index (κ3) is 2.44. The summed E-state index contributed by atoms with van der Waals surface area (Å²) in [5, 5.41) is 2.88. The number of benzene rings is 2. The highest BCUT2D eigenvalue weighted by Gasteiger charge is 2.36. The topological polar surface area (TPSA) is 56.1 Å². The number of fused-ring (bicyclic) bond motifs is 1. The Kier molecular flexibility index (Phi) is 3.54. The third-order valence-corrected chi connectivity index (χ3v) is 4.29. The van der Waals surface area contributed by atoms with Gasteiger partial charge in [-0.2, -0.15) is 0 Å². The zero-order chi connectivity index (χ0) is 16.5. The van der Waals surface area contributed by atoms with Crippen LogP contribution in [0.1, 0.15) is 18.4 Å². The van der Waals surface area contributed by atoms with Crippen LogP contribution in [0.5, 0.6) is 5.75 Å². The summed E-state index contributed by atoms with van der Waals surface area (Å²) in [7, 11) is 0. The zero-order valence-corrected chi connectivity index (χ0v) is 13.2. The van der Waals surface area contributed by atoms with Crippen LogP contribution in [0.4, 0.5) is 5.95 Å². The van der Waals surface area contributed by atoms with Crippen molar-refractivity contribution >= 4 is 11.9 Å². The van der Waals surface area contributed by atoms with E-state index in [0.717, 1.165) is 17.0 Å². The first-order valence-corrected chi connectivity index (χ1v) is 7.89. The fraction of sp³-hybridized carbons (Fsp3) is 0.158. The van der Waals surface area contributed by atoms with Gasteiger partial charge in [0.15, 0.2) is 6.10 Å². The molecule has 5 nitrogen and oxygen atoms in total. The van der Waals surface area contributed by atoms with E-state index in [2.05, 4.69) is 10.3 Å². The van der Waals surface area contributed by atoms with Gasteiger partial charge >= 0.3 is 0 Å². The van der Waals surface area contributed by atoms with E-state index in [-0.39, 0.29) is 11.8 Å². The van der Waals surface area contributed by atoms with E-state index in [0.29, 0.717) is 5.95 Å². The van der Waals surface area contributed by atoms with Gasteiger partial charge in [0.2, 0.25) is 5.95 Å². The number of aromatic nitrogens is 2. The highest BCUT2D eigenvalue weighted by molar-refractivity contribution is 5.94. The second-order valence-electron chi connectivity index (χ2n) is 5.81. The van der Waals surface area contributed by atoms with Crippen molar-refractivity contribution in [1.82, 2.24) is 9.55 Å². The first-order chi connectivity index (χ1) is 11.7. The van der Waals surface area contributed by atoms with Gasteiger partial charge in [-0.1, -0.05) is 43.3 Å². The summed E-state index contributed by atoms with van der Waals surface area (Å²) in [6, 6.07) is 17.5. The molecule has 2 atom stereocenters. The maximum absolute atomic E-state index is 12.7. The predicted molar refractivity (Wildman–Crippen MR) is 91.5 cm³/mol. The first kappa shape index (κ1) is 14.5. The molecule has 0 bridgehead atoms. The van der Waals surface area contributed by atoms with Crippen molar-refractivity contribution in [3.8, 4) is 11.4 Å². The first-order valence-electron chi connectivity index (χ1n) is 7.89. The lowest BCUT2D eigenvalue weighted by molar-refractivity contribution is -0.122. The van der Waals surface area contributed by atoms with Crippen molar-refractivity contribution in [3.63, 3.8) is 0 Å². The van der Waals surface area contributed by atoms with Crippen molar-refractivity contribution in [1.29, 1.82) is 0 Å². The second kappa shape index (κ2) is 5.85. The molecular weight excluding hydrogens is 302 g/mol. The lowest BCUT2D eigenvalue weighted by Crippen LogP contribution is -2.34. The third-order valence-electron chi connectivity index (χ3n) is 4.29. The number of nitrogens with one attached hydrogen (secondary N) is 1. The minimum absolute atomic E-state index is 0.00124. The van der Waals surface area contributed by atoms with Gasteiger partial charge in [0, 0.05) is 29.6 Å². The summed E-state index contributed by atoms with van der Waals surface area (Å²) in [6.45, 7) is 2.00. The van der Waals surface area contributed by atoms with Crippen LogP contribution < -0.4 is 10.1 Å². The minimum Gasteiger partial charge on any atom is -0.480 e. The van der Waals surface area contributed by atoms with Crippen LogP contribution in [-0.2, 0) is 4.79 Å². The van der Waals surface area contributed by atoms with Gasteiger partial charge in [-0.05, 0) is 18.2 Å². The molecule has 24 heavy (non-hydrogen) atoms. The SMILES string of the molecule is C[C@H]1c2ccccc2O[C@@H]1C(=O)Nc1nccn1-c1ccccc1. The monoisotopic (exact) mass is 319 g/mol. The molecule has 1 aliphatic rings. The maximum atomic E-state index is 12.7.